The molecule has 7 heteroatoms. The molecule has 2 atom stereocenters. The molecule has 0 bridgehead atoms. The zero-order valence-corrected chi connectivity index (χ0v) is 13.5. The van der Waals surface area contributed by atoms with Crippen molar-refractivity contribution in [1.29, 1.82) is 0 Å². The first-order valence-corrected chi connectivity index (χ1v) is 7.77. The summed E-state index contributed by atoms with van der Waals surface area (Å²) in [5.74, 6) is 0.385. The van der Waals surface area contributed by atoms with Crippen molar-refractivity contribution in [3.8, 4) is 0 Å². The van der Waals surface area contributed by atoms with Crippen molar-refractivity contribution in [2.75, 3.05) is 13.1 Å². The van der Waals surface area contributed by atoms with Crippen molar-refractivity contribution in [1.82, 2.24) is 25.3 Å². The second-order valence-corrected chi connectivity index (χ2v) is 6.23. The minimum atomic E-state index is -0.212. The van der Waals surface area contributed by atoms with E-state index in [1.807, 2.05) is 30.8 Å². The molecule has 2 unspecified atom stereocenters. The van der Waals surface area contributed by atoms with Gasteiger partial charge in [0.1, 0.15) is 0 Å². The molecular formula is C15H25N5O2. The van der Waals surface area contributed by atoms with Gasteiger partial charge in [-0.2, -0.15) is 5.10 Å². The Morgan fingerprint density at radius 1 is 1.45 bits per heavy atom. The molecule has 0 spiro atoms. The molecule has 1 aromatic heterocycles. The Morgan fingerprint density at radius 3 is 2.82 bits per heavy atom. The Bertz CT molecular complexity index is 500. The average Bonchev–Trinajstić information content (AvgIpc) is 3.06. The maximum absolute atomic E-state index is 11.9. The predicted octanol–water partition coefficient (Wildman–Crippen LogP) is 0.828. The highest BCUT2D eigenvalue weighted by Crippen LogP contribution is 2.14. The number of hydrogen-bond donors (Lipinski definition) is 2. The van der Waals surface area contributed by atoms with Crippen LogP contribution in [0.15, 0.2) is 18.5 Å². The fraction of sp³-hybridized carbons (Fsp3) is 0.667. The molecule has 1 saturated heterocycles. The summed E-state index contributed by atoms with van der Waals surface area (Å²) in [6.07, 6.45) is 4.03. The Hall–Kier alpha value is -2.05. The molecule has 2 N–H and O–H groups in total. The molecule has 3 amide bonds. The molecule has 0 radical (unpaired) electrons. The van der Waals surface area contributed by atoms with Gasteiger partial charge < -0.3 is 15.5 Å². The third kappa shape index (κ3) is 4.47. The van der Waals surface area contributed by atoms with E-state index in [-0.39, 0.29) is 29.9 Å². The smallest absolute Gasteiger partial charge is 0.315 e. The zero-order chi connectivity index (χ0) is 16.1. The summed E-state index contributed by atoms with van der Waals surface area (Å²) in [5.41, 5.74) is 0. The summed E-state index contributed by atoms with van der Waals surface area (Å²) in [7, 11) is 0. The van der Waals surface area contributed by atoms with E-state index >= 15 is 0 Å². The van der Waals surface area contributed by atoms with E-state index < -0.39 is 0 Å². The van der Waals surface area contributed by atoms with Crippen LogP contribution < -0.4 is 10.6 Å². The summed E-state index contributed by atoms with van der Waals surface area (Å²) in [4.78, 5) is 25.5. The predicted molar refractivity (Wildman–Crippen MR) is 83.2 cm³/mol. The summed E-state index contributed by atoms with van der Waals surface area (Å²) in [5, 5.41) is 9.88. The van der Waals surface area contributed by atoms with Gasteiger partial charge in [-0.05, 0) is 25.8 Å². The highest BCUT2D eigenvalue weighted by atomic mass is 16.2. The van der Waals surface area contributed by atoms with Gasteiger partial charge in [-0.1, -0.05) is 6.92 Å². The lowest BCUT2D eigenvalue weighted by molar-refractivity contribution is -0.129. The second kappa shape index (κ2) is 7.29. The van der Waals surface area contributed by atoms with Crippen LogP contribution in [0.1, 0.15) is 27.2 Å². The molecule has 2 heterocycles. The molecular weight excluding hydrogens is 282 g/mol. The van der Waals surface area contributed by atoms with Crippen LogP contribution >= 0.6 is 0 Å². The van der Waals surface area contributed by atoms with E-state index in [1.165, 1.54) is 0 Å². The number of hydrogen-bond acceptors (Lipinski definition) is 3. The van der Waals surface area contributed by atoms with E-state index in [0.717, 1.165) is 6.54 Å². The van der Waals surface area contributed by atoms with E-state index in [9.17, 15) is 9.59 Å². The van der Waals surface area contributed by atoms with Gasteiger partial charge in [0.25, 0.3) is 0 Å². The number of urea groups is 1. The van der Waals surface area contributed by atoms with Crippen molar-refractivity contribution in [3.63, 3.8) is 0 Å². The summed E-state index contributed by atoms with van der Waals surface area (Å²) in [6, 6.07) is 1.74. The number of likely N-dealkylation sites (tertiary alicyclic amines) is 1. The molecule has 1 aliphatic rings. The third-order valence-corrected chi connectivity index (χ3v) is 3.79. The molecule has 0 saturated carbocycles. The van der Waals surface area contributed by atoms with Gasteiger partial charge in [0.2, 0.25) is 5.91 Å². The largest absolute Gasteiger partial charge is 0.338 e. The minimum absolute atomic E-state index is 0.101. The van der Waals surface area contributed by atoms with Crippen molar-refractivity contribution in [3.05, 3.63) is 18.5 Å². The van der Waals surface area contributed by atoms with Crippen LogP contribution in [-0.4, -0.2) is 51.8 Å². The first-order valence-electron chi connectivity index (χ1n) is 7.77. The molecule has 122 valence electrons. The van der Waals surface area contributed by atoms with Crippen LogP contribution in [0.3, 0.4) is 0 Å². The van der Waals surface area contributed by atoms with Crippen LogP contribution in [0, 0.1) is 5.92 Å². The van der Waals surface area contributed by atoms with E-state index in [2.05, 4.69) is 22.7 Å². The first kappa shape index (κ1) is 16.3. The van der Waals surface area contributed by atoms with Crippen molar-refractivity contribution >= 4 is 11.9 Å². The summed E-state index contributed by atoms with van der Waals surface area (Å²) in [6.45, 7) is 7.94. The summed E-state index contributed by atoms with van der Waals surface area (Å²) < 4.78 is 1.85. The van der Waals surface area contributed by atoms with E-state index in [4.69, 9.17) is 0 Å². The molecule has 2 rings (SSSR count). The van der Waals surface area contributed by atoms with Crippen LogP contribution in [0.4, 0.5) is 4.79 Å². The number of amides is 3. The number of nitrogens with zero attached hydrogens (tertiary/aromatic N) is 3. The maximum atomic E-state index is 11.9. The van der Waals surface area contributed by atoms with Crippen LogP contribution in [0.5, 0.6) is 0 Å². The quantitative estimate of drug-likeness (QED) is 0.817. The van der Waals surface area contributed by atoms with Crippen molar-refractivity contribution < 1.29 is 9.59 Å². The SMILES string of the molecule is CC(CNC(=O)NC1CC(=O)N(C(C)C)C1)Cn1cccn1. The number of carbonyl (C=O) groups excluding carboxylic acids is 2. The molecule has 0 aliphatic carbocycles. The topological polar surface area (TPSA) is 79.3 Å². The highest BCUT2D eigenvalue weighted by molar-refractivity contribution is 5.81. The van der Waals surface area contributed by atoms with Crippen LogP contribution in [-0.2, 0) is 11.3 Å². The standard InChI is InChI=1S/C15H25N5O2/c1-11(2)20-10-13(7-14(20)21)18-15(22)16-8-12(3)9-19-6-4-5-17-19/h4-6,11-13H,7-10H2,1-3H3,(H2,16,18,22). The van der Waals surface area contributed by atoms with Gasteiger partial charge in [0, 0.05) is 44.5 Å². The zero-order valence-electron chi connectivity index (χ0n) is 13.5. The Balaban J connectivity index is 1.69. The fourth-order valence-corrected chi connectivity index (χ4v) is 2.62. The van der Waals surface area contributed by atoms with E-state index in [1.54, 1.807) is 11.1 Å². The highest BCUT2D eigenvalue weighted by Gasteiger charge is 2.31. The molecule has 1 fully saturated rings. The first-order chi connectivity index (χ1) is 10.5. The fourth-order valence-electron chi connectivity index (χ4n) is 2.62. The maximum Gasteiger partial charge on any atom is 0.315 e. The Labute approximate surface area is 131 Å². The van der Waals surface area contributed by atoms with Crippen molar-refractivity contribution in [2.45, 2.75) is 45.8 Å². The number of aromatic nitrogens is 2. The Morgan fingerprint density at radius 2 is 2.23 bits per heavy atom. The minimum Gasteiger partial charge on any atom is -0.338 e. The van der Waals surface area contributed by atoms with Crippen LogP contribution in [0.2, 0.25) is 0 Å². The molecule has 22 heavy (non-hydrogen) atoms. The number of carbonyl (C=O) groups is 2. The third-order valence-electron chi connectivity index (χ3n) is 3.79. The molecule has 0 aromatic carbocycles. The van der Waals surface area contributed by atoms with Gasteiger partial charge in [-0.25, -0.2) is 4.79 Å². The van der Waals surface area contributed by atoms with Gasteiger partial charge in [-0.3, -0.25) is 9.48 Å². The number of rotatable bonds is 6. The van der Waals surface area contributed by atoms with Gasteiger partial charge in [0.15, 0.2) is 0 Å². The summed E-state index contributed by atoms with van der Waals surface area (Å²) >= 11 is 0. The van der Waals surface area contributed by atoms with Crippen molar-refractivity contribution in [2.24, 2.45) is 5.92 Å². The normalized spacial score (nSPS) is 19.5. The van der Waals surface area contributed by atoms with Gasteiger partial charge in [0.05, 0.1) is 6.04 Å². The van der Waals surface area contributed by atoms with Gasteiger partial charge in [-0.15, -0.1) is 0 Å². The lowest BCUT2D eigenvalue weighted by atomic mass is 10.2. The molecule has 7 nitrogen and oxygen atoms in total. The van der Waals surface area contributed by atoms with E-state index in [0.29, 0.717) is 19.5 Å². The Kier molecular flexibility index (Phi) is 5.41. The number of nitrogens with one attached hydrogen (secondary N) is 2. The second-order valence-electron chi connectivity index (χ2n) is 6.23. The lowest BCUT2D eigenvalue weighted by Gasteiger charge is -2.21. The average molecular weight is 307 g/mol. The lowest BCUT2D eigenvalue weighted by Crippen LogP contribution is -2.45. The molecule has 1 aromatic rings. The van der Waals surface area contributed by atoms with Gasteiger partial charge >= 0.3 is 6.03 Å². The molecule has 1 aliphatic heterocycles. The monoisotopic (exact) mass is 307 g/mol. The van der Waals surface area contributed by atoms with Crippen LogP contribution in [0.25, 0.3) is 0 Å².